The van der Waals surface area contributed by atoms with Crippen molar-refractivity contribution in [3.05, 3.63) is 35.9 Å². The molecule has 128 valence electrons. The van der Waals surface area contributed by atoms with Crippen molar-refractivity contribution in [1.82, 2.24) is 0 Å². The van der Waals surface area contributed by atoms with E-state index >= 15 is 0 Å². The van der Waals surface area contributed by atoms with Gasteiger partial charge in [0.05, 0.1) is 18.7 Å². The molecule has 4 heteroatoms. The van der Waals surface area contributed by atoms with Crippen LogP contribution in [-0.4, -0.2) is 30.3 Å². The van der Waals surface area contributed by atoms with Crippen molar-refractivity contribution in [2.45, 2.75) is 65.3 Å². The Balaban J connectivity index is 0.00000441. The van der Waals surface area contributed by atoms with Gasteiger partial charge in [-0.2, -0.15) is 0 Å². The average molecular weight is 330 g/mol. The average Bonchev–Trinajstić information content (AvgIpc) is 2.44. The van der Waals surface area contributed by atoms with Crippen LogP contribution in [0.2, 0.25) is 0 Å². The van der Waals surface area contributed by atoms with Crippen LogP contribution in [0.5, 0.6) is 0 Å². The van der Waals surface area contributed by atoms with E-state index in [0.717, 1.165) is 18.5 Å². The molecule has 1 atom stereocenters. The van der Waals surface area contributed by atoms with Crippen LogP contribution >= 0.6 is 0 Å². The summed E-state index contributed by atoms with van der Waals surface area (Å²) in [6, 6.07) is 10.8. The summed E-state index contributed by atoms with van der Waals surface area (Å²) in [4.78, 5) is 1.50. The van der Waals surface area contributed by atoms with E-state index in [4.69, 9.17) is 4.74 Å². The zero-order valence-electron chi connectivity index (χ0n) is 14.6. The SMILES string of the molecule is CCCC(O)(OCC[NH+](C(C)C)C(C)C)c1ccccc1.[Cl-]. The van der Waals surface area contributed by atoms with Gasteiger partial charge in [-0.1, -0.05) is 43.7 Å². The van der Waals surface area contributed by atoms with Crippen LogP contribution in [-0.2, 0) is 10.5 Å². The standard InChI is InChI=1S/C18H31NO2.ClH/c1-6-12-18(20,17-10-8-7-9-11-17)21-14-13-19(15(2)3)16(4)5;/h7-11,15-16,20H,6,12-14H2,1-5H3;1H. The van der Waals surface area contributed by atoms with Crippen LogP contribution < -0.4 is 17.3 Å². The van der Waals surface area contributed by atoms with E-state index in [1.54, 1.807) is 0 Å². The first kappa shape index (κ1) is 21.4. The fourth-order valence-corrected chi connectivity index (χ4v) is 2.92. The normalized spacial score (nSPS) is 14.2. The van der Waals surface area contributed by atoms with Crippen molar-refractivity contribution in [3.8, 4) is 0 Å². The minimum Gasteiger partial charge on any atom is -1.00 e. The maximum atomic E-state index is 10.8. The molecule has 0 heterocycles. The van der Waals surface area contributed by atoms with Gasteiger partial charge in [0.1, 0.15) is 6.54 Å². The van der Waals surface area contributed by atoms with Gasteiger partial charge in [0.15, 0.2) is 5.79 Å². The largest absolute Gasteiger partial charge is 1.00 e. The number of quaternary nitrogens is 1. The summed E-state index contributed by atoms with van der Waals surface area (Å²) < 4.78 is 5.92. The summed E-state index contributed by atoms with van der Waals surface area (Å²) in [5, 5.41) is 10.8. The second-order valence-electron chi connectivity index (χ2n) is 6.38. The Morgan fingerprint density at radius 1 is 1.09 bits per heavy atom. The Labute approximate surface area is 142 Å². The number of benzene rings is 1. The van der Waals surface area contributed by atoms with Crippen molar-refractivity contribution in [3.63, 3.8) is 0 Å². The molecule has 0 amide bonds. The van der Waals surface area contributed by atoms with E-state index in [2.05, 4.69) is 34.6 Å². The lowest BCUT2D eigenvalue weighted by molar-refractivity contribution is -0.942. The smallest absolute Gasteiger partial charge is 0.192 e. The quantitative estimate of drug-likeness (QED) is 0.591. The first-order valence-electron chi connectivity index (χ1n) is 8.18. The van der Waals surface area contributed by atoms with Crippen molar-refractivity contribution in [2.24, 2.45) is 0 Å². The fraction of sp³-hybridized carbons (Fsp3) is 0.667. The summed E-state index contributed by atoms with van der Waals surface area (Å²) in [5.74, 6) is -1.16. The molecule has 1 aromatic carbocycles. The lowest BCUT2D eigenvalue weighted by Gasteiger charge is -2.31. The molecule has 2 N–H and O–H groups in total. The van der Waals surface area contributed by atoms with Gasteiger partial charge < -0.3 is 27.2 Å². The Morgan fingerprint density at radius 3 is 2.09 bits per heavy atom. The van der Waals surface area contributed by atoms with Crippen LogP contribution in [0.25, 0.3) is 0 Å². The molecule has 0 bridgehead atoms. The molecular formula is C18H32ClNO2. The molecule has 0 radical (unpaired) electrons. The number of aliphatic hydroxyl groups is 1. The molecule has 1 rings (SSSR count). The number of hydrogen-bond acceptors (Lipinski definition) is 2. The van der Waals surface area contributed by atoms with Gasteiger partial charge in [0, 0.05) is 12.0 Å². The minimum atomic E-state index is -1.16. The molecule has 22 heavy (non-hydrogen) atoms. The van der Waals surface area contributed by atoms with Gasteiger partial charge in [0.2, 0.25) is 0 Å². The second-order valence-corrected chi connectivity index (χ2v) is 6.38. The van der Waals surface area contributed by atoms with Gasteiger partial charge in [-0.05, 0) is 27.7 Å². The molecular weight excluding hydrogens is 298 g/mol. The third-order valence-corrected chi connectivity index (χ3v) is 4.03. The Morgan fingerprint density at radius 2 is 1.64 bits per heavy atom. The Hall–Kier alpha value is -0.610. The Kier molecular flexibility index (Phi) is 9.94. The first-order valence-corrected chi connectivity index (χ1v) is 8.18. The minimum absolute atomic E-state index is 0. The molecule has 0 fully saturated rings. The summed E-state index contributed by atoms with van der Waals surface area (Å²) in [5.41, 5.74) is 0.850. The molecule has 0 saturated carbocycles. The first-order chi connectivity index (χ1) is 9.90. The highest BCUT2D eigenvalue weighted by Crippen LogP contribution is 2.27. The number of halogens is 1. The van der Waals surface area contributed by atoms with Crippen LogP contribution in [0.15, 0.2) is 30.3 Å². The molecule has 0 saturated heterocycles. The highest BCUT2D eigenvalue weighted by atomic mass is 35.5. The van der Waals surface area contributed by atoms with Crippen LogP contribution in [0.1, 0.15) is 53.0 Å². The van der Waals surface area contributed by atoms with E-state index in [-0.39, 0.29) is 12.4 Å². The van der Waals surface area contributed by atoms with E-state index in [1.807, 2.05) is 30.3 Å². The summed E-state index contributed by atoms with van der Waals surface area (Å²) in [7, 11) is 0. The molecule has 1 aromatic rings. The number of hydrogen-bond donors (Lipinski definition) is 2. The van der Waals surface area contributed by atoms with Gasteiger partial charge in [-0.15, -0.1) is 0 Å². The lowest BCUT2D eigenvalue weighted by Crippen LogP contribution is -3.18. The third-order valence-electron chi connectivity index (χ3n) is 4.03. The van der Waals surface area contributed by atoms with E-state index in [0.29, 0.717) is 25.1 Å². The molecule has 0 aromatic heterocycles. The van der Waals surface area contributed by atoms with Crippen molar-refractivity contribution in [2.75, 3.05) is 13.2 Å². The second kappa shape index (κ2) is 10.2. The maximum absolute atomic E-state index is 10.8. The molecule has 0 aliphatic rings. The van der Waals surface area contributed by atoms with E-state index in [9.17, 15) is 5.11 Å². The highest BCUT2D eigenvalue weighted by molar-refractivity contribution is 5.19. The fourth-order valence-electron chi connectivity index (χ4n) is 2.92. The predicted octanol–water partition coefficient (Wildman–Crippen LogP) is -0.646. The lowest BCUT2D eigenvalue weighted by atomic mass is 10.0. The predicted molar refractivity (Wildman–Crippen MR) is 87.3 cm³/mol. The highest BCUT2D eigenvalue weighted by Gasteiger charge is 2.30. The zero-order valence-corrected chi connectivity index (χ0v) is 15.4. The topological polar surface area (TPSA) is 33.9 Å². The molecule has 0 aliphatic carbocycles. The molecule has 1 unspecified atom stereocenters. The molecule has 3 nitrogen and oxygen atoms in total. The van der Waals surface area contributed by atoms with E-state index in [1.165, 1.54) is 4.90 Å². The van der Waals surface area contributed by atoms with E-state index < -0.39 is 5.79 Å². The number of nitrogens with one attached hydrogen (secondary N) is 1. The maximum Gasteiger partial charge on any atom is 0.192 e. The third kappa shape index (κ3) is 6.25. The Bertz CT molecular complexity index is 389. The monoisotopic (exact) mass is 329 g/mol. The van der Waals surface area contributed by atoms with Crippen LogP contribution in [0, 0.1) is 0 Å². The van der Waals surface area contributed by atoms with Crippen LogP contribution in [0.4, 0.5) is 0 Å². The van der Waals surface area contributed by atoms with Gasteiger partial charge in [0.25, 0.3) is 0 Å². The van der Waals surface area contributed by atoms with Gasteiger partial charge >= 0.3 is 0 Å². The molecule has 0 spiro atoms. The van der Waals surface area contributed by atoms with Crippen LogP contribution in [0.3, 0.4) is 0 Å². The number of rotatable bonds is 9. The van der Waals surface area contributed by atoms with Gasteiger partial charge in [-0.3, -0.25) is 0 Å². The van der Waals surface area contributed by atoms with Crippen molar-refractivity contribution in [1.29, 1.82) is 0 Å². The van der Waals surface area contributed by atoms with Gasteiger partial charge in [-0.25, -0.2) is 0 Å². The molecule has 0 aliphatic heterocycles. The summed E-state index contributed by atoms with van der Waals surface area (Å²) in [6.45, 7) is 12.5. The van der Waals surface area contributed by atoms with Crippen molar-refractivity contribution < 1.29 is 27.2 Å². The zero-order chi connectivity index (χ0) is 15.9. The van der Waals surface area contributed by atoms with Crippen molar-refractivity contribution >= 4 is 0 Å². The summed E-state index contributed by atoms with van der Waals surface area (Å²) in [6.07, 6.45) is 1.51. The summed E-state index contributed by atoms with van der Waals surface area (Å²) >= 11 is 0. The number of ether oxygens (including phenoxy) is 1.